The van der Waals surface area contributed by atoms with E-state index in [1.54, 1.807) is 13.1 Å². The molecule has 0 aliphatic carbocycles. The number of carbonyl (C=O) groups excluding carboxylic acids is 1. The molecule has 1 unspecified atom stereocenters. The molecule has 124 valence electrons. The zero-order valence-corrected chi connectivity index (χ0v) is 14.4. The number of anilines is 1. The second kappa shape index (κ2) is 8.73. The summed E-state index contributed by atoms with van der Waals surface area (Å²) in [5, 5.41) is 2.87. The Morgan fingerprint density at radius 1 is 1.36 bits per heavy atom. The Morgan fingerprint density at radius 3 is 2.64 bits per heavy atom. The van der Waals surface area contributed by atoms with Gasteiger partial charge in [-0.2, -0.15) is 0 Å². The highest BCUT2D eigenvalue weighted by Gasteiger charge is 2.31. The molecule has 22 heavy (non-hydrogen) atoms. The van der Waals surface area contributed by atoms with Crippen LogP contribution >= 0.6 is 0 Å². The summed E-state index contributed by atoms with van der Waals surface area (Å²) in [6.45, 7) is 10.8. The van der Waals surface area contributed by atoms with Crippen LogP contribution in [0, 0.1) is 6.92 Å². The van der Waals surface area contributed by atoms with Crippen molar-refractivity contribution in [1.82, 2.24) is 4.98 Å². The molecule has 0 fully saturated rings. The largest absolute Gasteiger partial charge is 0.477 e. The first kappa shape index (κ1) is 18.4. The molecule has 1 rings (SSSR count). The van der Waals surface area contributed by atoms with Gasteiger partial charge in [0.2, 0.25) is 5.88 Å². The lowest BCUT2D eigenvalue weighted by Gasteiger charge is -2.26. The first-order chi connectivity index (χ1) is 10.5. The fraction of sp³-hybridized carbons (Fsp3) is 0.647. The molecular formula is C17H28N2O3. The van der Waals surface area contributed by atoms with E-state index in [4.69, 9.17) is 9.47 Å². The summed E-state index contributed by atoms with van der Waals surface area (Å²) >= 11 is 0. The van der Waals surface area contributed by atoms with Crippen LogP contribution in [-0.2, 0) is 9.53 Å². The Labute approximate surface area is 133 Å². The van der Waals surface area contributed by atoms with Crippen LogP contribution in [0.5, 0.6) is 5.88 Å². The highest BCUT2D eigenvalue weighted by Crippen LogP contribution is 2.22. The standard InChI is InChI=1S/C17H28N2O3/c1-6-9-10-21-15-13(4)11-14(12-18-15)19-16(20)17(5,7-2)22-8-3/h11-12H,6-10H2,1-5H3,(H,19,20). The third-order valence-corrected chi connectivity index (χ3v) is 3.64. The molecule has 1 amide bonds. The quantitative estimate of drug-likeness (QED) is 0.706. The topological polar surface area (TPSA) is 60.5 Å². The van der Waals surface area contributed by atoms with Crippen LogP contribution in [-0.4, -0.2) is 29.7 Å². The monoisotopic (exact) mass is 308 g/mol. The van der Waals surface area contributed by atoms with Crippen LogP contribution in [0.25, 0.3) is 0 Å². The van der Waals surface area contributed by atoms with E-state index in [0.29, 0.717) is 31.2 Å². The number of rotatable bonds is 9. The zero-order valence-electron chi connectivity index (χ0n) is 14.4. The Hall–Kier alpha value is -1.62. The van der Waals surface area contributed by atoms with Crippen LogP contribution < -0.4 is 10.1 Å². The maximum atomic E-state index is 12.4. The molecule has 0 aromatic carbocycles. The number of hydrogen-bond donors (Lipinski definition) is 1. The Morgan fingerprint density at radius 2 is 2.09 bits per heavy atom. The molecule has 1 atom stereocenters. The van der Waals surface area contributed by atoms with Gasteiger partial charge in [0.1, 0.15) is 5.60 Å². The van der Waals surface area contributed by atoms with Crippen molar-refractivity contribution in [2.45, 2.75) is 59.5 Å². The number of nitrogens with one attached hydrogen (secondary N) is 1. The summed E-state index contributed by atoms with van der Waals surface area (Å²) in [5.74, 6) is 0.465. The number of unbranched alkanes of at least 4 members (excludes halogenated alkanes) is 1. The highest BCUT2D eigenvalue weighted by atomic mass is 16.5. The van der Waals surface area contributed by atoms with Crippen molar-refractivity contribution < 1.29 is 14.3 Å². The lowest BCUT2D eigenvalue weighted by molar-refractivity contribution is -0.139. The van der Waals surface area contributed by atoms with Crippen LogP contribution in [0.3, 0.4) is 0 Å². The minimum atomic E-state index is -0.820. The van der Waals surface area contributed by atoms with Gasteiger partial charge in [0.05, 0.1) is 18.5 Å². The summed E-state index contributed by atoms with van der Waals surface area (Å²) in [6.07, 6.45) is 4.31. The van der Waals surface area contributed by atoms with E-state index >= 15 is 0 Å². The van der Waals surface area contributed by atoms with E-state index in [9.17, 15) is 4.79 Å². The number of aryl methyl sites for hydroxylation is 1. The van der Waals surface area contributed by atoms with Crippen LogP contribution in [0.15, 0.2) is 12.3 Å². The smallest absolute Gasteiger partial charge is 0.256 e. The van der Waals surface area contributed by atoms with E-state index in [1.165, 1.54) is 0 Å². The van der Waals surface area contributed by atoms with Gasteiger partial charge in [-0.15, -0.1) is 0 Å². The summed E-state index contributed by atoms with van der Waals surface area (Å²) < 4.78 is 11.2. The van der Waals surface area contributed by atoms with Crippen molar-refractivity contribution >= 4 is 11.6 Å². The molecule has 1 aromatic rings. The zero-order chi connectivity index (χ0) is 16.6. The minimum absolute atomic E-state index is 0.155. The summed E-state index contributed by atoms with van der Waals surface area (Å²) in [6, 6.07) is 1.87. The van der Waals surface area contributed by atoms with Crippen LogP contribution in [0.2, 0.25) is 0 Å². The van der Waals surface area contributed by atoms with Crippen LogP contribution in [0.1, 0.15) is 52.5 Å². The molecule has 0 spiro atoms. The van der Waals surface area contributed by atoms with Gasteiger partial charge in [0.15, 0.2) is 0 Å². The molecule has 1 heterocycles. The third kappa shape index (κ3) is 4.98. The second-order valence-corrected chi connectivity index (χ2v) is 5.52. The van der Waals surface area contributed by atoms with Crippen molar-refractivity contribution in [2.75, 3.05) is 18.5 Å². The maximum Gasteiger partial charge on any atom is 0.256 e. The van der Waals surface area contributed by atoms with Gasteiger partial charge in [0.25, 0.3) is 5.91 Å². The lowest BCUT2D eigenvalue weighted by atomic mass is 10.0. The highest BCUT2D eigenvalue weighted by molar-refractivity contribution is 5.97. The predicted octanol–water partition coefficient (Wildman–Crippen LogP) is 3.71. The fourth-order valence-corrected chi connectivity index (χ4v) is 2.00. The van der Waals surface area contributed by atoms with Gasteiger partial charge < -0.3 is 14.8 Å². The third-order valence-electron chi connectivity index (χ3n) is 3.64. The summed E-state index contributed by atoms with van der Waals surface area (Å²) in [5.41, 5.74) is 0.743. The number of pyridine rings is 1. The molecule has 1 N–H and O–H groups in total. The number of nitrogens with zero attached hydrogens (tertiary/aromatic N) is 1. The predicted molar refractivity (Wildman–Crippen MR) is 88.3 cm³/mol. The first-order valence-corrected chi connectivity index (χ1v) is 8.01. The molecule has 0 bridgehead atoms. The average molecular weight is 308 g/mol. The van der Waals surface area contributed by atoms with Crippen molar-refractivity contribution in [3.63, 3.8) is 0 Å². The minimum Gasteiger partial charge on any atom is -0.477 e. The molecule has 0 saturated heterocycles. The van der Waals surface area contributed by atoms with E-state index < -0.39 is 5.60 Å². The van der Waals surface area contributed by atoms with Crippen molar-refractivity contribution in [3.05, 3.63) is 17.8 Å². The first-order valence-electron chi connectivity index (χ1n) is 8.01. The molecule has 0 aliphatic rings. The Balaban J connectivity index is 2.74. The van der Waals surface area contributed by atoms with Crippen molar-refractivity contribution in [3.8, 4) is 5.88 Å². The van der Waals surface area contributed by atoms with Crippen molar-refractivity contribution in [1.29, 1.82) is 0 Å². The van der Waals surface area contributed by atoms with E-state index in [2.05, 4.69) is 17.2 Å². The Kier molecular flexibility index (Phi) is 7.32. The Bertz CT molecular complexity index is 491. The van der Waals surface area contributed by atoms with Gasteiger partial charge in [0, 0.05) is 12.2 Å². The molecular weight excluding hydrogens is 280 g/mol. The number of aromatic nitrogens is 1. The van der Waals surface area contributed by atoms with Gasteiger partial charge in [-0.25, -0.2) is 4.98 Å². The van der Waals surface area contributed by atoms with Gasteiger partial charge in [-0.05, 0) is 39.7 Å². The second-order valence-electron chi connectivity index (χ2n) is 5.52. The molecule has 5 nitrogen and oxygen atoms in total. The number of amides is 1. The van der Waals surface area contributed by atoms with E-state index in [-0.39, 0.29) is 5.91 Å². The molecule has 5 heteroatoms. The average Bonchev–Trinajstić information content (AvgIpc) is 2.49. The SMILES string of the molecule is CCCCOc1ncc(NC(=O)C(C)(CC)OCC)cc1C. The van der Waals surface area contributed by atoms with Gasteiger partial charge >= 0.3 is 0 Å². The number of carbonyl (C=O) groups is 1. The lowest BCUT2D eigenvalue weighted by Crippen LogP contribution is -2.42. The fourth-order valence-electron chi connectivity index (χ4n) is 2.00. The molecule has 1 aromatic heterocycles. The van der Waals surface area contributed by atoms with Gasteiger partial charge in [-0.1, -0.05) is 20.3 Å². The van der Waals surface area contributed by atoms with Crippen molar-refractivity contribution in [2.24, 2.45) is 0 Å². The molecule has 0 saturated carbocycles. The summed E-state index contributed by atoms with van der Waals surface area (Å²) in [7, 11) is 0. The number of hydrogen-bond acceptors (Lipinski definition) is 4. The van der Waals surface area contributed by atoms with E-state index in [1.807, 2.05) is 26.8 Å². The maximum absolute atomic E-state index is 12.4. The normalized spacial score (nSPS) is 13.5. The summed E-state index contributed by atoms with van der Waals surface area (Å²) in [4.78, 5) is 16.6. The molecule has 0 radical (unpaired) electrons. The molecule has 0 aliphatic heterocycles. The van der Waals surface area contributed by atoms with Gasteiger partial charge in [-0.3, -0.25) is 4.79 Å². The van der Waals surface area contributed by atoms with Crippen LogP contribution in [0.4, 0.5) is 5.69 Å². The number of ether oxygens (including phenoxy) is 2. The van der Waals surface area contributed by atoms with E-state index in [0.717, 1.165) is 18.4 Å².